The molecule has 0 heterocycles. The molecule has 4 nitrogen and oxygen atoms in total. The van der Waals surface area contributed by atoms with E-state index in [9.17, 15) is 0 Å². The number of benzene rings is 23. The van der Waals surface area contributed by atoms with E-state index in [1.807, 2.05) is 0 Å². The number of para-hydroxylation sites is 8. The van der Waals surface area contributed by atoms with Gasteiger partial charge in [-0.3, -0.25) is 0 Å². The Balaban J connectivity index is 0.000000143. The lowest BCUT2D eigenvalue weighted by Crippen LogP contribution is -2.25. The molecule has 0 unspecified atom stereocenters. The average Bonchev–Trinajstić information content (AvgIpc) is 1.51. The van der Waals surface area contributed by atoms with E-state index in [1.165, 1.54) is 166 Å². The molecule has 4 aliphatic carbocycles. The van der Waals surface area contributed by atoms with Crippen molar-refractivity contribution in [2.24, 2.45) is 0 Å². The summed E-state index contributed by atoms with van der Waals surface area (Å²) in [5.41, 5.74) is 43.3. The Morgan fingerprint density at radius 3 is 0.681 bits per heavy atom. The van der Waals surface area contributed by atoms with Gasteiger partial charge >= 0.3 is 0 Å². The van der Waals surface area contributed by atoms with E-state index in [0.717, 1.165) is 68.2 Å². The second-order valence-electron chi connectivity index (χ2n) is 36.5. The van der Waals surface area contributed by atoms with Gasteiger partial charge in [0.05, 0.1) is 16.5 Å². The molecule has 0 fully saturated rings. The van der Waals surface area contributed by atoms with Gasteiger partial charge in [-0.15, -0.1) is 0 Å². The van der Waals surface area contributed by atoms with Gasteiger partial charge in [-0.1, -0.05) is 358 Å². The fourth-order valence-electron chi connectivity index (χ4n) is 23.0. The van der Waals surface area contributed by atoms with E-state index in [0.29, 0.717) is 0 Å². The number of nitrogens with zero attached hydrogens (tertiary/aromatic N) is 4. The lowest BCUT2D eigenvalue weighted by molar-refractivity contribution is 0.795. The van der Waals surface area contributed by atoms with Gasteiger partial charge in [0.25, 0.3) is 0 Å². The minimum atomic E-state index is -0.509. The van der Waals surface area contributed by atoms with E-state index >= 15 is 0 Å². The molecule has 23 aromatic rings. The molecule has 0 saturated carbocycles. The lowest BCUT2D eigenvalue weighted by atomic mass is 9.70. The maximum atomic E-state index is 2.52. The minimum absolute atomic E-state index is 0.477. The van der Waals surface area contributed by atoms with Crippen molar-refractivity contribution in [3.8, 4) is 89.0 Å². The van der Waals surface area contributed by atoms with E-state index in [2.05, 4.69) is 566 Å². The molecule has 0 N–H and O–H groups in total. The zero-order valence-electron chi connectivity index (χ0n) is 75.8. The SMILES string of the molecule is c1ccc(N(c2ccccc2)c2ccc(-c3ccc4c(c3)C3(c5ccccc5-c5ccccc53)c3cc5cc(-c6ccc(N(c7ccccc7)c7ccccc7)cc6)ccc5cc3-4)cc2)cc1.c1ccc(N(c2ccccc2)c2ccc(-c3ccc4cc5c(cc4c3)C3(c4ccccc4-c4ccccc43)c3cc(-c4ccc(N(c6ccccc6)c6ccccc6)c6ccccc46)ccc3-5)cc2)cc1. The summed E-state index contributed by atoms with van der Waals surface area (Å²) in [6.45, 7) is 0. The van der Waals surface area contributed by atoms with Gasteiger partial charge in [0.15, 0.2) is 0 Å². The summed E-state index contributed by atoms with van der Waals surface area (Å²) in [4.78, 5) is 9.33. The first-order chi connectivity index (χ1) is 68.4. The number of hydrogen-bond donors (Lipinski definition) is 0. The number of anilines is 12. The highest BCUT2D eigenvalue weighted by Gasteiger charge is 2.54. The van der Waals surface area contributed by atoms with Crippen LogP contribution in [0.3, 0.4) is 0 Å². The Morgan fingerprint density at radius 1 is 0.116 bits per heavy atom. The Bertz CT molecular complexity index is 8340. The third-order valence-corrected chi connectivity index (χ3v) is 29.0. The molecule has 2 spiro atoms. The molecule has 0 amide bonds. The van der Waals surface area contributed by atoms with Crippen molar-refractivity contribution in [1.29, 1.82) is 0 Å². The molecule has 23 aromatic carbocycles. The van der Waals surface area contributed by atoms with Crippen LogP contribution in [0.5, 0.6) is 0 Å². The molecule has 0 radical (unpaired) electrons. The van der Waals surface area contributed by atoms with Crippen LogP contribution < -0.4 is 19.6 Å². The Hall–Kier alpha value is -18.0. The lowest BCUT2D eigenvalue weighted by Gasteiger charge is -2.31. The summed E-state index contributed by atoms with van der Waals surface area (Å²) in [5.74, 6) is 0. The minimum Gasteiger partial charge on any atom is -0.311 e. The molecule has 4 heteroatoms. The first kappa shape index (κ1) is 80.9. The topological polar surface area (TPSA) is 13.0 Å². The van der Waals surface area contributed by atoms with E-state index in [-0.39, 0.29) is 0 Å². The molecule has 0 aliphatic heterocycles. The van der Waals surface area contributed by atoms with Crippen molar-refractivity contribution in [3.63, 3.8) is 0 Å². The average molecular weight is 1760 g/mol. The van der Waals surface area contributed by atoms with Crippen LogP contribution in [-0.4, -0.2) is 0 Å². The van der Waals surface area contributed by atoms with E-state index in [1.54, 1.807) is 0 Å². The third-order valence-electron chi connectivity index (χ3n) is 29.0. The van der Waals surface area contributed by atoms with E-state index < -0.39 is 10.8 Å². The van der Waals surface area contributed by atoms with Gasteiger partial charge in [0.1, 0.15) is 0 Å². The van der Waals surface area contributed by atoms with E-state index in [4.69, 9.17) is 0 Å². The molecule has 4 aliphatic rings. The Kier molecular flexibility index (Phi) is 19.7. The number of hydrogen-bond acceptors (Lipinski definition) is 4. The van der Waals surface area contributed by atoms with Gasteiger partial charge in [-0.25, -0.2) is 0 Å². The van der Waals surface area contributed by atoms with Crippen LogP contribution in [0.1, 0.15) is 44.5 Å². The molecule has 0 saturated heterocycles. The van der Waals surface area contributed by atoms with Gasteiger partial charge in [-0.05, 0) is 349 Å². The molecule has 646 valence electrons. The predicted molar refractivity (Wildman–Crippen MR) is 578 cm³/mol. The van der Waals surface area contributed by atoms with Crippen LogP contribution in [0.15, 0.2) is 546 Å². The largest absolute Gasteiger partial charge is 0.311 e. The zero-order valence-corrected chi connectivity index (χ0v) is 75.8. The molecular formula is C134H90N4. The second-order valence-corrected chi connectivity index (χ2v) is 36.5. The normalized spacial score (nSPS) is 12.6. The number of rotatable bonds is 16. The summed E-state index contributed by atoms with van der Waals surface area (Å²) in [7, 11) is 0. The highest BCUT2D eigenvalue weighted by molar-refractivity contribution is 6.09. The molecule has 0 bridgehead atoms. The molecular weight excluding hydrogens is 1670 g/mol. The van der Waals surface area contributed by atoms with Gasteiger partial charge in [0.2, 0.25) is 0 Å². The quantitative estimate of drug-likeness (QED) is 0.0956. The van der Waals surface area contributed by atoms with Crippen LogP contribution in [0.4, 0.5) is 68.2 Å². The Morgan fingerprint density at radius 2 is 0.348 bits per heavy atom. The molecule has 138 heavy (non-hydrogen) atoms. The number of fused-ring (bicyclic) bond motifs is 23. The molecule has 0 aromatic heterocycles. The standard InChI is InChI=1S/C69H46N2.C65H44N2/c1-5-19-52(20-6-1)70(53-21-7-2-8-22-53)56-38-35-47(36-39-56)48-33-34-49-44-63-61-40-37-50(45-66(61)69(67(63)46-51(49)43-48)64-31-17-15-28-59(64)60-29-16-18-32-65(60)69)57-41-42-68(62-30-14-13-27-58(57)62)71(54-23-9-3-10-24-54)55-25-11-4-12-26-55;1-5-17-51(18-6-1)66(52-19-7-2-8-20-52)55-36-31-45(32-37-55)47-29-30-48-42-60-59-40-35-49(46-33-38-56(39-34-46)67(53-21-9-3-10-22-53)54-23-11-4-12-24-54)43-63(59)65(64(60)44-50(48)41-47)61-27-15-13-25-57(61)58-26-14-16-28-62(58)65/h1-46H;1-44H. The van der Waals surface area contributed by atoms with Crippen molar-refractivity contribution in [2.75, 3.05) is 19.6 Å². The van der Waals surface area contributed by atoms with Crippen molar-refractivity contribution >= 4 is 101 Å². The van der Waals surface area contributed by atoms with Crippen molar-refractivity contribution < 1.29 is 0 Å². The summed E-state index contributed by atoms with van der Waals surface area (Å²) in [6, 6.07) is 201. The summed E-state index contributed by atoms with van der Waals surface area (Å²) in [5, 5.41) is 7.37. The first-order valence-electron chi connectivity index (χ1n) is 47.7. The summed E-state index contributed by atoms with van der Waals surface area (Å²) < 4.78 is 0. The highest BCUT2D eigenvalue weighted by Crippen LogP contribution is 2.66. The fourth-order valence-corrected chi connectivity index (χ4v) is 23.0. The highest BCUT2D eigenvalue weighted by atomic mass is 15.2. The monoisotopic (exact) mass is 1750 g/mol. The van der Waals surface area contributed by atoms with Gasteiger partial charge in [0, 0.05) is 67.9 Å². The van der Waals surface area contributed by atoms with Crippen LogP contribution in [0, 0.1) is 0 Å². The van der Waals surface area contributed by atoms with Gasteiger partial charge in [-0.2, -0.15) is 0 Å². The smallest absolute Gasteiger partial charge is 0.0725 e. The summed E-state index contributed by atoms with van der Waals surface area (Å²) in [6.07, 6.45) is 0. The van der Waals surface area contributed by atoms with Crippen LogP contribution in [0.2, 0.25) is 0 Å². The maximum Gasteiger partial charge on any atom is 0.0725 e. The molecule has 27 rings (SSSR count). The van der Waals surface area contributed by atoms with Gasteiger partial charge < -0.3 is 19.6 Å². The Labute approximate surface area is 804 Å². The predicted octanol–water partition coefficient (Wildman–Crippen LogP) is 36.1. The van der Waals surface area contributed by atoms with Crippen molar-refractivity contribution in [2.45, 2.75) is 10.8 Å². The van der Waals surface area contributed by atoms with Crippen LogP contribution in [0.25, 0.3) is 121 Å². The maximum absolute atomic E-state index is 2.52. The van der Waals surface area contributed by atoms with Crippen LogP contribution in [-0.2, 0) is 10.8 Å². The van der Waals surface area contributed by atoms with Crippen molar-refractivity contribution in [1.82, 2.24) is 0 Å². The molecule has 0 atom stereocenters. The fraction of sp³-hybridized carbons (Fsp3) is 0.0149. The zero-order chi connectivity index (χ0) is 91.2. The van der Waals surface area contributed by atoms with Crippen LogP contribution >= 0.6 is 0 Å². The first-order valence-corrected chi connectivity index (χ1v) is 47.7. The third kappa shape index (κ3) is 13.3. The van der Waals surface area contributed by atoms with Crippen molar-refractivity contribution in [3.05, 3.63) is 590 Å². The summed E-state index contributed by atoms with van der Waals surface area (Å²) >= 11 is 0. The second kappa shape index (κ2) is 33.6.